The minimum Gasteiger partial charge on any atom is -0.405 e. The molecule has 0 unspecified atom stereocenters. The van der Waals surface area contributed by atoms with Crippen LogP contribution in [0.4, 0.5) is 24.9 Å². The lowest BCUT2D eigenvalue weighted by Gasteiger charge is -2.14. The fraction of sp³-hybridized carbons (Fsp3) is 0.0833. The molecule has 0 amide bonds. The largest absolute Gasteiger partial charge is 0.573 e. The van der Waals surface area contributed by atoms with Crippen molar-refractivity contribution in [3.05, 3.63) is 29.8 Å². The number of para-hydroxylation sites is 1. The summed E-state index contributed by atoms with van der Waals surface area (Å²) in [5.74, 6) is -0.996. The number of nitrogens with zero attached hydrogens (tertiary/aromatic N) is 3. The molecule has 2 rings (SSSR count). The molecule has 6 nitrogen and oxygen atoms in total. The Kier molecular flexibility index (Phi) is 3.54. The molecule has 108 valence electrons. The molecule has 0 fully saturated rings. The Morgan fingerprint density at radius 2 is 1.81 bits per heavy atom. The van der Waals surface area contributed by atoms with Crippen LogP contribution in [-0.2, 0) is 0 Å². The van der Waals surface area contributed by atoms with Gasteiger partial charge in [-0.3, -0.25) is 0 Å². The zero-order valence-electron chi connectivity index (χ0n) is 10.3. The molecule has 9 heteroatoms. The van der Waals surface area contributed by atoms with E-state index in [4.69, 9.17) is 16.7 Å². The number of benzene rings is 1. The molecule has 0 saturated carbocycles. The van der Waals surface area contributed by atoms with Gasteiger partial charge in [0.2, 0.25) is 5.95 Å². The normalized spacial score (nSPS) is 11.0. The quantitative estimate of drug-likeness (QED) is 0.877. The van der Waals surface area contributed by atoms with Gasteiger partial charge in [-0.25, -0.2) is 4.98 Å². The lowest BCUT2D eigenvalue weighted by molar-refractivity contribution is -0.274. The summed E-state index contributed by atoms with van der Waals surface area (Å²) in [5, 5.41) is 9.06. The van der Waals surface area contributed by atoms with Crippen molar-refractivity contribution in [3.63, 3.8) is 0 Å². The van der Waals surface area contributed by atoms with Gasteiger partial charge in [-0.15, -0.1) is 13.2 Å². The van der Waals surface area contributed by atoms with Crippen molar-refractivity contribution in [2.24, 2.45) is 0 Å². The lowest BCUT2D eigenvalue weighted by Crippen LogP contribution is -2.18. The average molecular weight is 295 g/mol. The minimum absolute atomic E-state index is 0.0628. The second kappa shape index (κ2) is 5.16. The number of ether oxygens (including phenoxy) is 1. The number of hydrogen-bond acceptors (Lipinski definition) is 6. The summed E-state index contributed by atoms with van der Waals surface area (Å²) < 4.78 is 41.1. The third-order valence-electron chi connectivity index (χ3n) is 2.43. The standard InChI is InChI=1S/C12H8F3N5O/c13-12(14,15)21-8-4-2-1-3-6(8)9-7(5-16)10(17)20-11(18)19-9/h1-4H,(H4,17,18,19,20). The Morgan fingerprint density at radius 1 is 1.14 bits per heavy atom. The summed E-state index contributed by atoms with van der Waals surface area (Å²) in [6, 6.07) is 6.96. The topological polar surface area (TPSA) is 111 Å². The summed E-state index contributed by atoms with van der Waals surface area (Å²) in [6.45, 7) is 0. The molecule has 1 heterocycles. The molecule has 0 aliphatic rings. The first-order valence-corrected chi connectivity index (χ1v) is 5.50. The van der Waals surface area contributed by atoms with E-state index in [1.54, 1.807) is 6.07 Å². The van der Waals surface area contributed by atoms with Crippen molar-refractivity contribution in [2.45, 2.75) is 6.36 Å². The van der Waals surface area contributed by atoms with Crippen molar-refractivity contribution >= 4 is 11.8 Å². The van der Waals surface area contributed by atoms with Crippen LogP contribution in [0.1, 0.15) is 5.56 Å². The van der Waals surface area contributed by atoms with E-state index in [9.17, 15) is 13.2 Å². The fourth-order valence-corrected chi connectivity index (χ4v) is 1.68. The second-order valence-corrected chi connectivity index (χ2v) is 3.85. The van der Waals surface area contributed by atoms with Crippen LogP contribution in [-0.4, -0.2) is 16.3 Å². The molecule has 0 saturated heterocycles. The number of nitriles is 1. The Bertz CT molecular complexity index is 724. The molecule has 0 atom stereocenters. The van der Waals surface area contributed by atoms with Gasteiger partial charge in [0.15, 0.2) is 0 Å². The molecule has 0 bridgehead atoms. The number of alkyl halides is 3. The first-order chi connectivity index (χ1) is 9.81. The van der Waals surface area contributed by atoms with Crippen LogP contribution in [0.15, 0.2) is 24.3 Å². The molecule has 0 aliphatic heterocycles. The molecule has 0 aliphatic carbocycles. The van der Waals surface area contributed by atoms with E-state index in [0.717, 1.165) is 6.07 Å². The molecule has 2 aromatic rings. The van der Waals surface area contributed by atoms with E-state index in [1.807, 2.05) is 0 Å². The SMILES string of the molecule is N#Cc1c(N)nc(N)nc1-c1ccccc1OC(F)(F)F. The van der Waals surface area contributed by atoms with E-state index in [-0.39, 0.29) is 28.6 Å². The lowest BCUT2D eigenvalue weighted by atomic mass is 10.1. The van der Waals surface area contributed by atoms with Crippen molar-refractivity contribution in [1.82, 2.24) is 9.97 Å². The van der Waals surface area contributed by atoms with Crippen LogP contribution >= 0.6 is 0 Å². The van der Waals surface area contributed by atoms with Gasteiger partial charge in [-0.2, -0.15) is 10.2 Å². The van der Waals surface area contributed by atoms with E-state index >= 15 is 0 Å². The van der Waals surface area contributed by atoms with E-state index in [0.29, 0.717) is 0 Å². The van der Waals surface area contributed by atoms with Crippen LogP contribution in [0, 0.1) is 11.3 Å². The van der Waals surface area contributed by atoms with Gasteiger partial charge in [0, 0.05) is 5.56 Å². The van der Waals surface area contributed by atoms with E-state index in [2.05, 4.69) is 14.7 Å². The maximum Gasteiger partial charge on any atom is 0.573 e. The molecule has 0 spiro atoms. The Hall–Kier alpha value is -3.02. The summed E-state index contributed by atoms with van der Waals surface area (Å²) in [4.78, 5) is 7.38. The number of hydrogen-bond donors (Lipinski definition) is 2. The van der Waals surface area contributed by atoms with Gasteiger partial charge < -0.3 is 16.2 Å². The Morgan fingerprint density at radius 3 is 2.43 bits per heavy atom. The second-order valence-electron chi connectivity index (χ2n) is 3.85. The number of rotatable bonds is 2. The van der Waals surface area contributed by atoms with Crippen molar-refractivity contribution in [2.75, 3.05) is 11.5 Å². The van der Waals surface area contributed by atoms with Gasteiger partial charge in [-0.1, -0.05) is 12.1 Å². The van der Waals surface area contributed by atoms with Gasteiger partial charge >= 0.3 is 6.36 Å². The van der Waals surface area contributed by atoms with Gasteiger partial charge in [0.05, 0.1) is 5.69 Å². The van der Waals surface area contributed by atoms with Crippen molar-refractivity contribution in [3.8, 4) is 23.1 Å². The highest BCUT2D eigenvalue weighted by Crippen LogP contribution is 2.35. The van der Waals surface area contributed by atoms with Crippen LogP contribution in [0.3, 0.4) is 0 Å². The summed E-state index contributed by atoms with van der Waals surface area (Å²) in [7, 11) is 0. The monoisotopic (exact) mass is 295 g/mol. The third-order valence-corrected chi connectivity index (χ3v) is 2.43. The molecule has 4 N–H and O–H groups in total. The predicted molar refractivity (Wildman–Crippen MR) is 67.7 cm³/mol. The molecule has 21 heavy (non-hydrogen) atoms. The molecular formula is C12H8F3N5O. The highest BCUT2D eigenvalue weighted by Gasteiger charge is 2.32. The first kappa shape index (κ1) is 14.4. The van der Waals surface area contributed by atoms with E-state index in [1.165, 1.54) is 18.2 Å². The van der Waals surface area contributed by atoms with Gasteiger partial charge in [0.25, 0.3) is 0 Å². The Labute approximate surface area is 116 Å². The first-order valence-electron chi connectivity index (χ1n) is 5.50. The van der Waals surface area contributed by atoms with Crippen LogP contribution in [0.5, 0.6) is 5.75 Å². The Balaban J connectivity index is 2.66. The number of nitrogens with two attached hydrogens (primary N) is 2. The number of nitrogen functional groups attached to an aromatic ring is 2. The van der Waals surface area contributed by atoms with Crippen LogP contribution in [0.2, 0.25) is 0 Å². The van der Waals surface area contributed by atoms with Crippen LogP contribution < -0.4 is 16.2 Å². The molecule has 0 radical (unpaired) electrons. The highest BCUT2D eigenvalue weighted by molar-refractivity contribution is 5.77. The maximum atomic E-state index is 12.4. The van der Waals surface area contributed by atoms with Crippen LogP contribution in [0.25, 0.3) is 11.3 Å². The summed E-state index contributed by atoms with van der Waals surface area (Å²) >= 11 is 0. The zero-order valence-corrected chi connectivity index (χ0v) is 10.3. The van der Waals surface area contributed by atoms with E-state index < -0.39 is 12.1 Å². The zero-order chi connectivity index (χ0) is 15.6. The maximum absolute atomic E-state index is 12.4. The van der Waals surface area contributed by atoms with Crippen molar-refractivity contribution < 1.29 is 17.9 Å². The average Bonchev–Trinajstić information content (AvgIpc) is 2.36. The predicted octanol–water partition coefficient (Wildman–Crippen LogP) is 2.08. The number of aromatic nitrogens is 2. The minimum atomic E-state index is -4.88. The summed E-state index contributed by atoms with van der Waals surface area (Å²) in [6.07, 6.45) is -4.88. The molecular weight excluding hydrogens is 287 g/mol. The number of halogens is 3. The molecule has 1 aromatic carbocycles. The van der Waals surface area contributed by atoms with Crippen molar-refractivity contribution in [1.29, 1.82) is 5.26 Å². The molecule has 1 aromatic heterocycles. The highest BCUT2D eigenvalue weighted by atomic mass is 19.4. The van der Waals surface area contributed by atoms with Gasteiger partial charge in [-0.05, 0) is 12.1 Å². The fourth-order valence-electron chi connectivity index (χ4n) is 1.68. The number of anilines is 2. The smallest absolute Gasteiger partial charge is 0.405 e. The van der Waals surface area contributed by atoms with Gasteiger partial charge in [0.1, 0.15) is 23.2 Å². The third kappa shape index (κ3) is 3.11. The summed E-state index contributed by atoms with van der Waals surface area (Å²) in [5.41, 5.74) is 10.6.